The Balaban J connectivity index is 1.59. The lowest BCUT2D eigenvalue weighted by molar-refractivity contribution is 0.0766. The van der Waals surface area contributed by atoms with E-state index in [0.29, 0.717) is 13.1 Å². The number of nitrogens with zero attached hydrogens (tertiary/aromatic N) is 3. The highest BCUT2D eigenvalue weighted by Gasteiger charge is 2.29. The van der Waals surface area contributed by atoms with Crippen LogP contribution in [0.4, 0.5) is 5.69 Å². The van der Waals surface area contributed by atoms with E-state index >= 15 is 0 Å². The first kappa shape index (κ1) is 17.3. The average Bonchev–Trinajstić information content (AvgIpc) is 2.99. The van der Waals surface area contributed by atoms with Gasteiger partial charge in [0.15, 0.2) is 0 Å². The Kier molecular flexibility index (Phi) is 4.40. The first-order chi connectivity index (χ1) is 13.0. The van der Waals surface area contributed by atoms with Crippen LogP contribution in [0.1, 0.15) is 27.0 Å². The van der Waals surface area contributed by atoms with Crippen LogP contribution >= 0.6 is 0 Å². The molecule has 1 amide bonds. The van der Waals surface area contributed by atoms with Crippen molar-refractivity contribution >= 4 is 11.6 Å². The highest BCUT2D eigenvalue weighted by Crippen LogP contribution is 2.32. The smallest absolute Gasteiger partial charge is 0.255 e. The molecule has 0 unspecified atom stereocenters. The highest BCUT2D eigenvalue weighted by atomic mass is 16.2. The highest BCUT2D eigenvalue weighted by molar-refractivity contribution is 6.00. The van der Waals surface area contributed by atoms with E-state index in [2.05, 4.69) is 52.3 Å². The number of hydrogen-bond donors (Lipinski definition) is 0. The number of carbonyl (C=O) groups excluding carboxylic acids is 1. The molecule has 27 heavy (non-hydrogen) atoms. The van der Waals surface area contributed by atoms with Crippen molar-refractivity contribution in [1.82, 2.24) is 9.88 Å². The van der Waals surface area contributed by atoms with Crippen molar-refractivity contribution in [3.63, 3.8) is 0 Å². The van der Waals surface area contributed by atoms with Crippen molar-refractivity contribution in [1.29, 1.82) is 0 Å². The maximum absolute atomic E-state index is 13.0. The SMILES string of the molecule is Cc1cc(-c2cccnc2)cc2c1C(=O)N(Cc1ccc(N(C)C)cc1)C2. The molecule has 136 valence electrons. The van der Waals surface area contributed by atoms with E-state index in [1.807, 2.05) is 38.2 Å². The second kappa shape index (κ2) is 6.88. The van der Waals surface area contributed by atoms with Crippen molar-refractivity contribution < 1.29 is 4.79 Å². The number of pyridine rings is 1. The molecule has 0 atom stereocenters. The van der Waals surface area contributed by atoms with E-state index in [9.17, 15) is 4.79 Å². The number of aryl methyl sites for hydroxylation is 1. The first-order valence-electron chi connectivity index (χ1n) is 9.12. The fourth-order valence-electron chi connectivity index (χ4n) is 3.67. The lowest BCUT2D eigenvalue weighted by atomic mass is 9.97. The minimum absolute atomic E-state index is 0.122. The lowest BCUT2D eigenvalue weighted by Gasteiger charge is -2.17. The van der Waals surface area contributed by atoms with Crippen molar-refractivity contribution in [2.45, 2.75) is 20.0 Å². The normalized spacial score (nSPS) is 13.0. The summed E-state index contributed by atoms with van der Waals surface area (Å²) in [5, 5.41) is 0. The second-order valence-electron chi connectivity index (χ2n) is 7.29. The summed E-state index contributed by atoms with van der Waals surface area (Å²) in [7, 11) is 4.05. The molecule has 2 aromatic carbocycles. The predicted molar refractivity (Wildman–Crippen MR) is 109 cm³/mol. The monoisotopic (exact) mass is 357 g/mol. The third-order valence-electron chi connectivity index (χ3n) is 5.10. The molecule has 4 heteroatoms. The quantitative estimate of drug-likeness (QED) is 0.699. The first-order valence-corrected chi connectivity index (χ1v) is 9.12. The van der Waals surface area contributed by atoms with Gasteiger partial charge in [0.05, 0.1) is 0 Å². The molecule has 0 saturated carbocycles. The Bertz CT molecular complexity index is 979. The van der Waals surface area contributed by atoms with Crippen molar-refractivity contribution in [3.8, 4) is 11.1 Å². The second-order valence-corrected chi connectivity index (χ2v) is 7.29. The largest absolute Gasteiger partial charge is 0.378 e. The standard InChI is InChI=1S/C23H23N3O/c1-16-11-19(18-5-4-10-24-13-18)12-20-15-26(23(27)22(16)20)14-17-6-8-21(9-7-17)25(2)3/h4-13H,14-15H2,1-3H3. The number of aromatic nitrogens is 1. The molecule has 4 nitrogen and oxygen atoms in total. The zero-order valence-electron chi connectivity index (χ0n) is 15.9. The predicted octanol–water partition coefficient (Wildman–Crippen LogP) is 4.28. The number of rotatable bonds is 4. The summed E-state index contributed by atoms with van der Waals surface area (Å²) in [6.45, 7) is 3.30. The minimum Gasteiger partial charge on any atom is -0.378 e. The van der Waals surface area contributed by atoms with Gasteiger partial charge in [-0.05, 0) is 53.4 Å². The Morgan fingerprint density at radius 1 is 1.07 bits per heavy atom. The van der Waals surface area contributed by atoms with E-state index in [1.54, 1.807) is 6.20 Å². The average molecular weight is 357 g/mol. The zero-order valence-corrected chi connectivity index (χ0v) is 15.9. The van der Waals surface area contributed by atoms with Crippen LogP contribution in [0.3, 0.4) is 0 Å². The van der Waals surface area contributed by atoms with Crippen LogP contribution in [0.5, 0.6) is 0 Å². The van der Waals surface area contributed by atoms with Crippen molar-refractivity contribution in [2.24, 2.45) is 0 Å². The molecule has 0 spiro atoms. The summed E-state index contributed by atoms with van der Waals surface area (Å²) in [4.78, 5) is 21.2. The van der Waals surface area contributed by atoms with Gasteiger partial charge in [-0.3, -0.25) is 9.78 Å². The number of carbonyl (C=O) groups is 1. The van der Waals surface area contributed by atoms with Gasteiger partial charge >= 0.3 is 0 Å². The third-order valence-corrected chi connectivity index (χ3v) is 5.10. The van der Waals surface area contributed by atoms with E-state index in [-0.39, 0.29) is 5.91 Å². The number of fused-ring (bicyclic) bond motifs is 1. The van der Waals surface area contributed by atoms with Crippen LogP contribution in [-0.4, -0.2) is 29.9 Å². The topological polar surface area (TPSA) is 36.4 Å². The molecule has 2 heterocycles. The van der Waals surface area contributed by atoms with Gasteiger partial charge in [0.1, 0.15) is 0 Å². The number of amides is 1. The molecule has 1 aliphatic rings. The molecule has 0 aliphatic carbocycles. The van der Waals surface area contributed by atoms with Crippen LogP contribution in [0.15, 0.2) is 60.9 Å². The molecule has 0 N–H and O–H groups in total. The van der Waals surface area contributed by atoms with Gasteiger partial charge < -0.3 is 9.80 Å². The molecular weight excluding hydrogens is 334 g/mol. The molecule has 1 aliphatic heterocycles. The van der Waals surface area contributed by atoms with Gasteiger partial charge in [-0.25, -0.2) is 0 Å². The molecule has 4 rings (SSSR count). The Morgan fingerprint density at radius 3 is 2.52 bits per heavy atom. The van der Waals surface area contributed by atoms with E-state index in [0.717, 1.165) is 39.1 Å². The van der Waals surface area contributed by atoms with Gasteiger partial charge in [-0.15, -0.1) is 0 Å². The number of benzene rings is 2. The van der Waals surface area contributed by atoms with Crippen LogP contribution in [0.25, 0.3) is 11.1 Å². The van der Waals surface area contributed by atoms with Crippen molar-refractivity contribution in [2.75, 3.05) is 19.0 Å². The van der Waals surface area contributed by atoms with Crippen LogP contribution in [0, 0.1) is 6.92 Å². The molecule has 0 bridgehead atoms. The zero-order chi connectivity index (χ0) is 19.0. The van der Waals surface area contributed by atoms with Gasteiger partial charge in [-0.1, -0.05) is 24.3 Å². The van der Waals surface area contributed by atoms with E-state index in [4.69, 9.17) is 0 Å². The molecule has 0 fully saturated rings. The number of anilines is 1. The van der Waals surface area contributed by atoms with Gasteiger partial charge in [0, 0.05) is 56.4 Å². The third kappa shape index (κ3) is 3.31. The fraction of sp³-hybridized carbons (Fsp3) is 0.217. The molecular formula is C23H23N3O. The Hall–Kier alpha value is -3.14. The summed E-state index contributed by atoms with van der Waals surface area (Å²) >= 11 is 0. The summed E-state index contributed by atoms with van der Waals surface area (Å²) < 4.78 is 0. The van der Waals surface area contributed by atoms with Gasteiger partial charge in [0.25, 0.3) is 5.91 Å². The molecule has 0 saturated heterocycles. The van der Waals surface area contributed by atoms with Crippen molar-refractivity contribution in [3.05, 3.63) is 83.2 Å². The Labute approximate surface area is 160 Å². The molecule has 3 aromatic rings. The van der Waals surface area contributed by atoms with E-state index in [1.165, 1.54) is 0 Å². The van der Waals surface area contributed by atoms with E-state index < -0.39 is 0 Å². The van der Waals surface area contributed by atoms with Crippen LogP contribution < -0.4 is 4.90 Å². The summed E-state index contributed by atoms with van der Waals surface area (Å²) in [6, 6.07) is 16.6. The van der Waals surface area contributed by atoms with Crippen LogP contribution in [0.2, 0.25) is 0 Å². The summed E-state index contributed by atoms with van der Waals surface area (Å²) in [6.07, 6.45) is 3.64. The fourth-order valence-corrected chi connectivity index (χ4v) is 3.67. The maximum atomic E-state index is 13.0. The van der Waals surface area contributed by atoms with Gasteiger partial charge in [0.2, 0.25) is 0 Å². The summed E-state index contributed by atoms with van der Waals surface area (Å²) in [5.41, 5.74) is 7.48. The van der Waals surface area contributed by atoms with Crippen LogP contribution in [-0.2, 0) is 13.1 Å². The molecule has 0 radical (unpaired) electrons. The van der Waals surface area contributed by atoms with Gasteiger partial charge in [-0.2, -0.15) is 0 Å². The molecule has 1 aromatic heterocycles. The summed E-state index contributed by atoms with van der Waals surface area (Å²) in [5.74, 6) is 0.122. The number of hydrogen-bond acceptors (Lipinski definition) is 3. The Morgan fingerprint density at radius 2 is 1.85 bits per heavy atom. The lowest BCUT2D eigenvalue weighted by Crippen LogP contribution is -2.23. The maximum Gasteiger partial charge on any atom is 0.255 e. The minimum atomic E-state index is 0.122.